The van der Waals surface area contributed by atoms with Crippen LogP contribution in [0.25, 0.3) is 0 Å². The van der Waals surface area contributed by atoms with Gasteiger partial charge in [0.1, 0.15) is 0 Å². The van der Waals surface area contributed by atoms with E-state index in [9.17, 15) is 9.59 Å². The molecule has 6 heteroatoms. The Morgan fingerprint density at radius 1 is 1.24 bits per heavy atom. The Kier molecular flexibility index (Phi) is 7.49. The molecule has 100 valence electrons. The average molecular weight is 248 g/mol. The fourth-order valence-electron chi connectivity index (χ4n) is 1.11. The highest BCUT2D eigenvalue weighted by Crippen LogP contribution is 2.23. The first kappa shape index (κ1) is 15.9. The largest absolute Gasteiger partial charge is 0.480 e. The fraction of sp³-hybridized carbons (Fsp3) is 0.818. The van der Waals surface area contributed by atoms with Crippen molar-refractivity contribution in [1.29, 1.82) is 0 Å². The Labute approximate surface area is 101 Å². The summed E-state index contributed by atoms with van der Waals surface area (Å²) in [5.74, 6) is -1.94. The smallest absolute Gasteiger partial charge is 0.323 e. The lowest BCUT2D eigenvalue weighted by atomic mass is 9.87. The minimum Gasteiger partial charge on any atom is -0.480 e. The second-order valence-corrected chi connectivity index (χ2v) is 3.71. The molecule has 0 aromatic carbocycles. The standard InChI is InChI=1S/C11H20O6/c1-4-17-10(14)11(2,9(12)13)5-6-16-8-7-15-3/h4-8H2,1-3H3,(H,12,13). The third-order valence-corrected chi connectivity index (χ3v) is 2.38. The van der Waals surface area contributed by atoms with E-state index in [1.807, 2.05) is 0 Å². The van der Waals surface area contributed by atoms with Gasteiger partial charge in [0, 0.05) is 13.7 Å². The summed E-state index contributed by atoms with van der Waals surface area (Å²) in [4.78, 5) is 22.6. The summed E-state index contributed by atoms with van der Waals surface area (Å²) in [5, 5.41) is 9.05. The van der Waals surface area contributed by atoms with Crippen molar-refractivity contribution in [1.82, 2.24) is 0 Å². The van der Waals surface area contributed by atoms with Crippen LogP contribution < -0.4 is 0 Å². The van der Waals surface area contributed by atoms with Crippen LogP contribution in [0.15, 0.2) is 0 Å². The first-order chi connectivity index (χ1) is 7.99. The van der Waals surface area contributed by atoms with Gasteiger partial charge in [-0.05, 0) is 20.3 Å². The second-order valence-electron chi connectivity index (χ2n) is 3.71. The number of ether oxygens (including phenoxy) is 3. The molecule has 0 aliphatic heterocycles. The first-order valence-corrected chi connectivity index (χ1v) is 5.46. The zero-order valence-corrected chi connectivity index (χ0v) is 10.5. The van der Waals surface area contributed by atoms with Gasteiger partial charge in [-0.3, -0.25) is 9.59 Å². The van der Waals surface area contributed by atoms with E-state index in [-0.39, 0.29) is 19.6 Å². The van der Waals surface area contributed by atoms with Crippen molar-refractivity contribution >= 4 is 11.9 Å². The zero-order valence-electron chi connectivity index (χ0n) is 10.5. The summed E-state index contributed by atoms with van der Waals surface area (Å²) >= 11 is 0. The van der Waals surface area contributed by atoms with Gasteiger partial charge in [-0.2, -0.15) is 0 Å². The molecule has 0 aliphatic rings. The van der Waals surface area contributed by atoms with E-state index >= 15 is 0 Å². The molecule has 1 atom stereocenters. The van der Waals surface area contributed by atoms with Crippen LogP contribution in [-0.2, 0) is 23.8 Å². The van der Waals surface area contributed by atoms with E-state index in [0.29, 0.717) is 13.2 Å². The molecular formula is C11H20O6. The van der Waals surface area contributed by atoms with Gasteiger partial charge >= 0.3 is 11.9 Å². The third kappa shape index (κ3) is 5.14. The van der Waals surface area contributed by atoms with Crippen LogP contribution in [0.1, 0.15) is 20.3 Å². The van der Waals surface area contributed by atoms with Crippen LogP contribution in [0.4, 0.5) is 0 Å². The van der Waals surface area contributed by atoms with E-state index in [0.717, 1.165) is 0 Å². The maximum Gasteiger partial charge on any atom is 0.323 e. The Morgan fingerprint density at radius 2 is 1.88 bits per heavy atom. The monoisotopic (exact) mass is 248 g/mol. The van der Waals surface area contributed by atoms with Crippen molar-refractivity contribution in [2.75, 3.05) is 33.5 Å². The molecule has 0 spiro atoms. The molecule has 0 aromatic rings. The van der Waals surface area contributed by atoms with E-state index in [2.05, 4.69) is 0 Å². The van der Waals surface area contributed by atoms with Gasteiger partial charge in [0.2, 0.25) is 0 Å². The third-order valence-electron chi connectivity index (χ3n) is 2.38. The SMILES string of the molecule is CCOC(=O)C(C)(CCOCCOC)C(=O)O. The summed E-state index contributed by atoms with van der Waals surface area (Å²) in [6, 6.07) is 0. The van der Waals surface area contributed by atoms with Crippen molar-refractivity contribution in [3.63, 3.8) is 0 Å². The van der Waals surface area contributed by atoms with Crippen molar-refractivity contribution in [2.45, 2.75) is 20.3 Å². The molecule has 0 rings (SSSR count). The Hall–Kier alpha value is -1.14. The molecule has 0 fully saturated rings. The van der Waals surface area contributed by atoms with E-state index in [1.54, 1.807) is 14.0 Å². The lowest BCUT2D eigenvalue weighted by Gasteiger charge is -2.22. The molecule has 6 nitrogen and oxygen atoms in total. The number of methoxy groups -OCH3 is 1. The minimum atomic E-state index is -1.55. The summed E-state index contributed by atoms with van der Waals surface area (Å²) in [6.45, 7) is 4.11. The molecule has 0 heterocycles. The van der Waals surface area contributed by atoms with Gasteiger partial charge in [0.25, 0.3) is 0 Å². The number of carboxylic acids is 1. The highest BCUT2D eigenvalue weighted by atomic mass is 16.5. The normalized spacial score (nSPS) is 14.1. The predicted octanol–water partition coefficient (Wildman–Crippen LogP) is 0.694. The Balaban J connectivity index is 4.22. The molecule has 0 saturated heterocycles. The molecule has 17 heavy (non-hydrogen) atoms. The molecule has 1 N–H and O–H groups in total. The summed E-state index contributed by atoms with van der Waals surface area (Å²) in [7, 11) is 1.54. The lowest BCUT2D eigenvalue weighted by Crippen LogP contribution is -2.39. The second kappa shape index (κ2) is 8.03. The highest BCUT2D eigenvalue weighted by molar-refractivity contribution is 5.98. The molecule has 1 unspecified atom stereocenters. The van der Waals surface area contributed by atoms with Crippen molar-refractivity contribution in [3.05, 3.63) is 0 Å². The summed E-state index contributed by atoms with van der Waals surface area (Å²) < 4.78 is 14.7. The van der Waals surface area contributed by atoms with E-state index in [1.165, 1.54) is 6.92 Å². The summed E-state index contributed by atoms with van der Waals surface area (Å²) in [6.07, 6.45) is 0.0743. The maximum absolute atomic E-state index is 11.5. The van der Waals surface area contributed by atoms with Gasteiger partial charge in [-0.1, -0.05) is 0 Å². The number of carbonyl (C=O) groups is 2. The topological polar surface area (TPSA) is 82.1 Å². The van der Waals surface area contributed by atoms with Crippen LogP contribution in [0.5, 0.6) is 0 Å². The maximum atomic E-state index is 11.5. The predicted molar refractivity (Wildman–Crippen MR) is 59.7 cm³/mol. The van der Waals surface area contributed by atoms with E-state index in [4.69, 9.17) is 19.3 Å². The molecule has 0 radical (unpaired) electrons. The van der Waals surface area contributed by atoms with Gasteiger partial charge in [-0.15, -0.1) is 0 Å². The molecule has 0 amide bonds. The molecular weight excluding hydrogens is 228 g/mol. The average Bonchev–Trinajstić information content (AvgIpc) is 2.28. The van der Waals surface area contributed by atoms with Crippen LogP contribution >= 0.6 is 0 Å². The Bertz CT molecular complexity index is 252. The van der Waals surface area contributed by atoms with E-state index < -0.39 is 17.4 Å². The Morgan fingerprint density at radius 3 is 2.35 bits per heavy atom. The molecule has 0 saturated carbocycles. The van der Waals surface area contributed by atoms with Crippen LogP contribution in [-0.4, -0.2) is 50.6 Å². The molecule has 0 aliphatic carbocycles. The quantitative estimate of drug-likeness (QED) is 0.367. The van der Waals surface area contributed by atoms with Crippen LogP contribution in [0.3, 0.4) is 0 Å². The van der Waals surface area contributed by atoms with Gasteiger partial charge < -0.3 is 19.3 Å². The zero-order chi connectivity index (χ0) is 13.3. The molecule has 0 aromatic heterocycles. The van der Waals surface area contributed by atoms with Crippen molar-refractivity contribution in [2.24, 2.45) is 5.41 Å². The van der Waals surface area contributed by atoms with Crippen molar-refractivity contribution < 1.29 is 28.9 Å². The van der Waals surface area contributed by atoms with Crippen LogP contribution in [0, 0.1) is 5.41 Å². The minimum absolute atomic E-state index is 0.0743. The number of hydrogen-bond donors (Lipinski definition) is 1. The number of aliphatic carboxylic acids is 1. The number of rotatable bonds is 9. The number of esters is 1. The van der Waals surface area contributed by atoms with Gasteiger partial charge in [0.05, 0.1) is 19.8 Å². The van der Waals surface area contributed by atoms with Gasteiger partial charge in [0.15, 0.2) is 5.41 Å². The number of carboxylic acid groups (broad SMARTS) is 1. The highest BCUT2D eigenvalue weighted by Gasteiger charge is 2.42. The summed E-state index contributed by atoms with van der Waals surface area (Å²) in [5.41, 5.74) is -1.55. The van der Waals surface area contributed by atoms with Crippen molar-refractivity contribution in [3.8, 4) is 0 Å². The number of carbonyl (C=O) groups excluding carboxylic acids is 1. The number of hydrogen-bond acceptors (Lipinski definition) is 5. The lowest BCUT2D eigenvalue weighted by molar-refractivity contribution is -0.168. The first-order valence-electron chi connectivity index (χ1n) is 5.46. The fourth-order valence-corrected chi connectivity index (χ4v) is 1.11. The molecule has 0 bridgehead atoms. The van der Waals surface area contributed by atoms with Crippen LogP contribution in [0.2, 0.25) is 0 Å². The van der Waals surface area contributed by atoms with Gasteiger partial charge in [-0.25, -0.2) is 0 Å².